The summed E-state index contributed by atoms with van der Waals surface area (Å²) in [5.41, 5.74) is 0.896. The molecular weight excluding hydrogens is 230 g/mol. The van der Waals surface area contributed by atoms with Crippen LogP contribution in [-0.2, 0) is 0 Å². The van der Waals surface area contributed by atoms with Gasteiger partial charge >= 0.3 is 0 Å². The van der Waals surface area contributed by atoms with E-state index in [9.17, 15) is 4.79 Å². The Morgan fingerprint density at radius 1 is 1.12 bits per heavy atom. The van der Waals surface area contributed by atoms with Gasteiger partial charge in [0, 0.05) is 17.5 Å². The summed E-state index contributed by atoms with van der Waals surface area (Å²) in [6, 6.07) is 3.03. The number of nitrogens with zero attached hydrogens (tertiary/aromatic N) is 1. The second kappa shape index (κ2) is 4.81. The van der Waals surface area contributed by atoms with E-state index in [-0.39, 0.29) is 5.91 Å². The fourth-order valence-electron chi connectivity index (χ4n) is 2.88. The lowest BCUT2D eigenvalue weighted by molar-refractivity contribution is 0.0614. The number of carbonyl (C=O) groups is 1. The Morgan fingerprint density at radius 3 is 2.41 bits per heavy atom. The fraction of sp³-hybridized carbons (Fsp3) is 0.643. The molecular formula is C14H19NOS. The van der Waals surface area contributed by atoms with Gasteiger partial charge in [-0.2, -0.15) is 11.3 Å². The van der Waals surface area contributed by atoms with Crippen molar-refractivity contribution in [1.82, 2.24) is 4.90 Å². The van der Waals surface area contributed by atoms with Crippen LogP contribution in [0.25, 0.3) is 0 Å². The van der Waals surface area contributed by atoms with E-state index in [0.29, 0.717) is 12.1 Å². The number of carbonyl (C=O) groups excluding carboxylic acids is 1. The Balaban J connectivity index is 1.77. The quantitative estimate of drug-likeness (QED) is 0.800. The Labute approximate surface area is 107 Å². The van der Waals surface area contributed by atoms with Crippen molar-refractivity contribution in [3.63, 3.8) is 0 Å². The topological polar surface area (TPSA) is 20.3 Å². The maximum atomic E-state index is 12.5. The lowest BCUT2D eigenvalue weighted by atomic mass is 9.93. The number of thiophene rings is 1. The van der Waals surface area contributed by atoms with Crippen LogP contribution in [0.3, 0.4) is 0 Å². The van der Waals surface area contributed by atoms with E-state index in [2.05, 4.69) is 4.90 Å². The third-order valence-corrected chi connectivity index (χ3v) is 4.59. The molecule has 3 heteroatoms. The van der Waals surface area contributed by atoms with Crippen LogP contribution in [-0.4, -0.2) is 22.9 Å². The Hall–Kier alpha value is -0.830. The highest BCUT2D eigenvalue weighted by molar-refractivity contribution is 7.08. The molecule has 0 saturated heterocycles. The number of rotatable bonds is 3. The lowest BCUT2D eigenvalue weighted by Crippen LogP contribution is -2.42. The van der Waals surface area contributed by atoms with Crippen LogP contribution in [0.2, 0.25) is 0 Å². The Morgan fingerprint density at radius 2 is 1.82 bits per heavy atom. The molecule has 0 bridgehead atoms. The van der Waals surface area contributed by atoms with Crippen molar-refractivity contribution in [1.29, 1.82) is 0 Å². The molecule has 1 aromatic rings. The zero-order chi connectivity index (χ0) is 11.7. The maximum absolute atomic E-state index is 12.5. The molecule has 0 aromatic carbocycles. The molecule has 2 aliphatic rings. The summed E-state index contributed by atoms with van der Waals surface area (Å²) in [4.78, 5) is 14.7. The summed E-state index contributed by atoms with van der Waals surface area (Å²) in [6.07, 6.45) is 8.80. The van der Waals surface area contributed by atoms with Gasteiger partial charge in [-0.15, -0.1) is 0 Å². The molecule has 2 nitrogen and oxygen atoms in total. The molecule has 17 heavy (non-hydrogen) atoms. The monoisotopic (exact) mass is 249 g/mol. The second-order valence-electron chi connectivity index (χ2n) is 5.25. The largest absolute Gasteiger partial charge is 0.333 e. The number of hydrogen-bond acceptors (Lipinski definition) is 2. The summed E-state index contributed by atoms with van der Waals surface area (Å²) in [6.45, 7) is 0. The van der Waals surface area contributed by atoms with E-state index < -0.39 is 0 Å². The van der Waals surface area contributed by atoms with E-state index in [4.69, 9.17) is 0 Å². The molecule has 1 heterocycles. The Bertz CT molecular complexity index is 377. The fourth-order valence-corrected chi connectivity index (χ4v) is 3.51. The lowest BCUT2D eigenvalue weighted by Gasteiger charge is -2.34. The smallest absolute Gasteiger partial charge is 0.255 e. The van der Waals surface area contributed by atoms with Gasteiger partial charge in [0.05, 0.1) is 5.56 Å². The summed E-state index contributed by atoms with van der Waals surface area (Å²) >= 11 is 1.62. The zero-order valence-corrected chi connectivity index (χ0v) is 10.9. The van der Waals surface area contributed by atoms with Gasteiger partial charge in [0.25, 0.3) is 5.91 Å². The first kappa shape index (κ1) is 11.3. The molecule has 3 rings (SSSR count). The molecule has 0 spiro atoms. The van der Waals surface area contributed by atoms with E-state index in [1.54, 1.807) is 11.3 Å². The predicted octanol–water partition coefficient (Wildman–Crippen LogP) is 3.69. The second-order valence-corrected chi connectivity index (χ2v) is 6.03. The summed E-state index contributed by atoms with van der Waals surface area (Å²) in [5, 5.41) is 3.99. The molecule has 2 saturated carbocycles. The van der Waals surface area contributed by atoms with Crippen molar-refractivity contribution in [2.75, 3.05) is 0 Å². The number of hydrogen-bond donors (Lipinski definition) is 0. The van der Waals surface area contributed by atoms with Gasteiger partial charge in [-0.3, -0.25) is 4.79 Å². The maximum Gasteiger partial charge on any atom is 0.255 e. The SMILES string of the molecule is O=C(c1ccsc1)N(C1CCCCC1)C1CC1. The average Bonchev–Trinajstić information content (AvgIpc) is 3.04. The van der Waals surface area contributed by atoms with E-state index >= 15 is 0 Å². The van der Waals surface area contributed by atoms with Gasteiger partial charge < -0.3 is 4.90 Å². The predicted molar refractivity (Wildman–Crippen MR) is 70.4 cm³/mol. The molecule has 0 unspecified atom stereocenters. The number of amides is 1. The minimum atomic E-state index is 0.278. The van der Waals surface area contributed by atoms with Crippen molar-refractivity contribution >= 4 is 17.2 Å². The first-order valence-corrected chi connectivity index (χ1v) is 7.65. The van der Waals surface area contributed by atoms with Gasteiger partial charge in [-0.1, -0.05) is 19.3 Å². The summed E-state index contributed by atoms with van der Waals surface area (Å²) in [5.74, 6) is 0.278. The van der Waals surface area contributed by atoms with Crippen molar-refractivity contribution < 1.29 is 4.79 Å². The van der Waals surface area contributed by atoms with E-state index in [1.165, 1.54) is 44.9 Å². The van der Waals surface area contributed by atoms with Gasteiger partial charge in [-0.25, -0.2) is 0 Å². The van der Waals surface area contributed by atoms with Crippen LogP contribution in [0.4, 0.5) is 0 Å². The van der Waals surface area contributed by atoms with Crippen LogP contribution < -0.4 is 0 Å². The van der Waals surface area contributed by atoms with Crippen molar-refractivity contribution in [3.05, 3.63) is 22.4 Å². The van der Waals surface area contributed by atoms with Crippen LogP contribution in [0.5, 0.6) is 0 Å². The molecule has 0 atom stereocenters. The van der Waals surface area contributed by atoms with Crippen molar-refractivity contribution in [2.24, 2.45) is 0 Å². The van der Waals surface area contributed by atoms with Gasteiger partial charge in [0.1, 0.15) is 0 Å². The molecule has 1 aromatic heterocycles. The third kappa shape index (κ3) is 2.39. The molecule has 0 radical (unpaired) electrons. The first-order valence-electron chi connectivity index (χ1n) is 6.71. The van der Waals surface area contributed by atoms with E-state index in [1.807, 2.05) is 16.8 Å². The summed E-state index contributed by atoms with van der Waals surface area (Å²) < 4.78 is 0. The van der Waals surface area contributed by atoms with Crippen LogP contribution >= 0.6 is 11.3 Å². The van der Waals surface area contributed by atoms with E-state index in [0.717, 1.165) is 5.56 Å². The van der Waals surface area contributed by atoms with Crippen molar-refractivity contribution in [2.45, 2.75) is 57.0 Å². The van der Waals surface area contributed by atoms with Gasteiger partial charge in [0.2, 0.25) is 0 Å². The molecule has 0 aliphatic heterocycles. The first-order chi connectivity index (χ1) is 8.36. The van der Waals surface area contributed by atoms with Crippen LogP contribution in [0.15, 0.2) is 16.8 Å². The minimum Gasteiger partial charge on any atom is -0.333 e. The normalized spacial score (nSPS) is 21.4. The third-order valence-electron chi connectivity index (χ3n) is 3.91. The Kier molecular flexibility index (Phi) is 3.19. The van der Waals surface area contributed by atoms with Crippen molar-refractivity contribution in [3.8, 4) is 0 Å². The van der Waals surface area contributed by atoms with Gasteiger partial charge in [0.15, 0.2) is 0 Å². The molecule has 2 fully saturated rings. The standard InChI is InChI=1S/C14H19NOS/c16-14(11-8-9-17-10-11)15(13-6-7-13)12-4-2-1-3-5-12/h8-10,12-13H,1-7H2. The van der Waals surface area contributed by atoms with Crippen LogP contribution in [0.1, 0.15) is 55.3 Å². The highest BCUT2D eigenvalue weighted by atomic mass is 32.1. The minimum absolute atomic E-state index is 0.278. The van der Waals surface area contributed by atoms with Gasteiger partial charge in [-0.05, 0) is 37.1 Å². The molecule has 0 N–H and O–H groups in total. The zero-order valence-electron chi connectivity index (χ0n) is 10.1. The molecule has 92 valence electrons. The summed E-state index contributed by atoms with van der Waals surface area (Å²) in [7, 11) is 0. The van der Waals surface area contributed by atoms with Crippen LogP contribution in [0, 0.1) is 0 Å². The molecule has 1 amide bonds. The molecule has 2 aliphatic carbocycles. The highest BCUT2D eigenvalue weighted by Gasteiger charge is 2.38. The highest BCUT2D eigenvalue weighted by Crippen LogP contribution is 2.35. The average molecular weight is 249 g/mol.